The summed E-state index contributed by atoms with van der Waals surface area (Å²) in [4.78, 5) is 0. The fourth-order valence-electron chi connectivity index (χ4n) is 0.828. The molecule has 0 amide bonds. The van der Waals surface area contributed by atoms with Crippen LogP contribution in [0.5, 0.6) is 0 Å². The predicted octanol–water partition coefficient (Wildman–Crippen LogP) is 0.976. The first-order valence-electron chi connectivity index (χ1n) is 3.48. The highest BCUT2D eigenvalue weighted by Crippen LogP contribution is 2.18. The molecule has 0 aliphatic carbocycles. The number of nitrogens with zero attached hydrogens (tertiary/aromatic N) is 2. The maximum atomic E-state index is 11.7. The lowest BCUT2D eigenvalue weighted by atomic mass is 10.5. The summed E-state index contributed by atoms with van der Waals surface area (Å²) in [6, 6.07) is 0. The van der Waals surface area contributed by atoms with Gasteiger partial charge in [-0.3, -0.25) is 4.68 Å². The first-order valence-corrected chi connectivity index (χ1v) is 3.48. The van der Waals surface area contributed by atoms with Crippen LogP contribution in [0, 0.1) is 0 Å². The van der Waals surface area contributed by atoms with Crippen LogP contribution in [0.25, 0.3) is 0 Å². The second-order valence-corrected chi connectivity index (χ2v) is 2.58. The van der Waals surface area contributed by atoms with Crippen LogP contribution in [0.1, 0.15) is 0 Å². The molecule has 1 heterocycles. The van der Waals surface area contributed by atoms with Crippen molar-refractivity contribution in [3.63, 3.8) is 0 Å². The highest BCUT2D eigenvalue weighted by Gasteiger charge is 2.27. The van der Waals surface area contributed by atoms with Crippen molar-refractivity contribution >= 4 is 11.5 Å². The number of halogens is 3. The Balaban J connectivity index is 2.59. The van der Waals surface area contributed by atoms with Crippen LogP contribution in [0.4, 0.5) is 24.7 Å². The quantitative estimate of drug-likeness (QED) is 0.737. The number of nitrogens with two attached hydrogens (primary N) is 1. The smallest absolute Gasteiger partial charge is 0.394 e. The molecule has 0 aliphatic heterocycles. The summed E-state index contributed by atoms with van der Waals surface area (Å²) in [5.74, 6) is 0.0554. The van der Waals surface area contributed by atoms with Crippen molar-refractivity contribution in [3.8, 4) is 0 Å². The molecular formula is C6H9F3N4. The van der Waals surface area contributed by atoms with Gasteiger partial charge in [0, 0.05) is 13.2 Å². The zero-order valence-corrected chi connectivity index (χ0v) is 6.89. The summed E-state index contributed by atoms with van der Waals surface area (Å²) in [6.45, 7) is -1.13. The largest absolute Gasteiger partial charge is 0.405 e. The van der Waals surface area contributed by atoms with Gasteiger partial charge in [-0.2, -0.15) is 18.3 Å². The van der Waals surface area contributed by atoms with Gasteiger partial charge in [0.1, 0.15) is 6.54 Å². The van der Waals surface area contributed by atoms with Gasteiger partial charge in [-0.05, 0) is 0 Å². The van der Waals surface area contributed by atoms with E-state index < -0.39 is 12.7 Å². The van der Waals surface area contributed by atoms with E-state index in [4.69, 9.17) is 5.73 Å². The average Bonchev–Trinajstić information content (AvgIpc) is 2.24. The summed E-state index contributed by atoms with van der Waals surface area (Å²) < 4.78 is 36.6. The van der Waals surface area contributed by atoms with Gasteiger partial charge in [0.05, 0.1) is 5.69 Å². The predicted molar refractivity (Wildman–Crippen MR) is 42.2 cm³/mol. The number of anilines is 2. The number of rotatable bonds is 2. The second kappa shape index (κ2) is 3.15. The van der Waals surface area contributed by atoms with Crippen molar-refractivity contribution in [1.29, 1.82) is 0 Å². The van der Waals surface area contributed by atoms with E-state index in [0.717, 1.165) is 0 Å². The van der Waals surface area contributed by atoms with E-state index in [1.807, 2.05) is 0 Å². The van der Waals surface area contributed by atoms with Crippen molar-refractivity contribution < 1.29 is 13.2 Å². The van der Waals surface area contributed by atoms with Crippen LogP contribution in [0.15, 0.2) is 6.20 Å². The second-order valence-electron chi connectivity index (χ2n) is 2.58. The first-order chi connectivity index (χ1) is 5.88. The normalized spacial score (nSPS) is 11.7. The molecule has 0 saturated carbocycles. The molecule has 74 valence electrons. The summed E-state index contributed by atoms with van der Waals surface area (Å²) in [6.07, 6.45) is -2.83. The molecule has 3 N–H and O–H groups in total. The van der Waals surface area contributed by atoms with Crippen LogP contribution in [-0.2, 0) is 7.05 Å². The van der Waals surface area contributed by atoms with Gasteiger partial charge in [-0.1, -0.05) is 0 Å². The van der Waals surface area contributed by atoms with E-state index in [9.17, 15) is 13.2 Å². The molecule has 0 unspecified atom stereocenters. The molecule has 0 aliphatic rings. The van der Waals surface area contributed by atoms with Crippen LogP contribution in [0.3, 0.4) is 0 Å². The fraction of sp³-hybridized carbons (Fsp3) is 0.500. The lowest BCUT2D eigenvalue weighted by Crippen LogP contribution is -2.21. The SMILES string of the molecule is Cn1cc(N)c(NCC(F)(F)F)n1. The van der Waals surface area contributed by atoms with Crippen LogP contribution in [-0.4, -0.2) is 22.5 Å². The molecule has 0 aromatic carbocycles. The van der Waals surface area contributed by atoms with Gasteiger partial charge < -0.3 is 11.1 Å². The molecule has 1 aromatic rings. The maximum Gasteiger partial charge on any atom is 0.405 e. The van der Waals surface area contributed by atoms with Gasteiger partial charge in [0.15, 0.2) is 5.82 Å². The van der Waals surface area contributed by atoms with E-state index in [1.54, 1.807) is 7.05 Å². The van der Waals surface area contributed by atoms with Crippen molar-refractivity contribution in [2.75, 3.05) is 17.6 Å². The van der Waals surface area contributed by atoms with E-state index in [0.29, 0.717) is 0 Å². The summed E-state index contributed by atoms with van der Waals surface area (Å²) in [5, 5.41) is 5.79. The van der Waals surface area contributed by atoms with Gasteiger partial charge in [-0.25, -0.2) is 0 Å². The standard InChI is InChI=1S/C6H9F3N4/c1-13-2-4(10)5(12-13)11-3-6(7,8)9/h2H,3,10H2,1H3,(H,11,12). The number of hydrogen-bond donors (Lipinski definition) is 2. The zero-order chi connectivity index (χ0) is 10.1. The minimum absolute atomic E-state index is 0.0554. The molecule has 0 radical (unpaired) electrons. The number of aryl methyl sites for hydroxylation is 1. The van der Waals surface area contributed by atoms with Gasteiger partial charge in [0.25, 0.3) is 0 Å². The Labute approximate surface area is 72.5 Å². The Kier molecular flexibility index (Phi) is 2.35. The number of hydrogen-bond acceptors (Lipinski definition) is 3. The Morgan fingerprint density at radius 3 is 2.62 bits per heavy atom. The van der Waals surface area contributed by atoms with Crippen molar-refractivity contribution in [1.82, 2.24) is 9.78 Å². The molecule has 0 saturated heterocycles. The molecule has 0 fully saturated rings. The van der Waals surface area contributed by atoms with Gasteiger partial charge in [-0.15, -0.1) is 0 Å². The Morgan fingerprint density at radius 2 is 2.23 bits per heavy atom. The molecule has 13 heavy (non-hydrogen) atoms. The first kappa shape index (κ1) is 9.69. The minimum Gasteiger partial charge on any atom is -0.394 e. The van der Waals surface area contributed by atoms with E-state index in [-0.39, 0.29) is 11.5 Å². The number of nitrogens with one attached hydrogen (secondary N) is 1. The third kappa shape index (κ3) is 2.85. The minimum atomic E-state index is -4.26. The fourth-order valence-corrected chi connectivity index (χ4v) is 0.828. The maximum absolute atomic E-state index is 11.7. The third-order valence-electron chi connectivity index (χ3n) is 1.31. The van der Waals surface area contributed by atoms with E-state index in [2.05, 4.69) is 10.4 Å². The monoisotopic (exact) mass is 194 g/mol. The van der Waals surface area contributed by atoms with Gasteiger partial charge >= 0.3 is 6.18 Å². The zero-order valence-electron chi connectivity index (χ0n) is 6.89. The summed E-state index contributed by atoms with van der Waals surface area (Å²) >= 11 is 0. The van der Waals surface area contributed by atoms with Crippen LogP contribution < -0.4 is 11.1 Å². The highest BCUT2D eigenvalue weighted by atomic mass is 19.4. The summed E-state index contributed by atoms with van der Waals surface area (Å²) in [5.41, 5.74) is 5.56. The molecule has 4 nitrogen and oxygen atoms in total. The Hall–Kier alpha value is -1.40. The van der Waals surface area contributed by atoms with Crippen molar-refractivity contribution in [2.45, 2.75) is 6.18 Å². The molecule has 0 spiro atoms. The Bertz CT molecular complexity index is 291. The molecule has 1 rings (SSSR count). The molecule has 0 atom stereocenters. The lowest BCUT2D eigenvalue weighted by Gasteiger charge is -2.06. The number of alkyl halides is 3. The van der Waals surface area contributed by atoms with Crippen molar-refractivity contribution in [3.05, 3.63) is 6.20 Å². The van der Waals surface area contributed by atoms with Crippen LogP contribution >= 0.6 is 0 Å². The Morgan fingerprint density at radius 1 is 1.62 bits per heavy atom. The summed E-state index contributed by atoms with van der Waals surface area (Å²) in [7, 11) is 1.58. The highest BCUT2D eigenvalue weighted by molar-refractivity contribution is 5.59. The van der Waals surface area contributed by atoms with Gasteiger partial charge in [0.2, 0.25) is 0 Å². The van der Waals surface area contributed by atoms with E-state index in [1.165, 1.54) is 10.9 Å². The topological polar surface area (TPSA) is 55.9 Å². The molecule has 1 aromatic heterocycles. The lowest BCUT2D eigenvalue weighted by molar-refractivity contribution is -0.115. The number of nitrogen functional groups attached to an aromatic ring is 1. The number of aromatic nitrogens is 2. The average molecular weight is 194 g/mol. The van der Waals surface area contributed by atoms with Crippen LogP contribution in [0.2, 0.25) is 0 Å². The third-order valence-corrected chi connectivity index (χ3v) is 1.31. The van der Waals surface area contributed by atoms with E-state index >= 15 is 0 Å². The molecule has 7 heteroatoms. The van der Waals surface area contributed by atoms with Crippen molar-refractivity contribution in [2.24, 2.45) is 7.05 Å². The molecule has 0 bridgehead atoms. The molecular weight excluding hydrogens is 185 g/mol.